The van der Waals surface area contributed by atoms with Gasteiger partial charge in [-0.1, -0.05) is 13.8 Å². The van der Waals surface area contributed by atoms with Crippen LogP contribution in [0.25, 0.3) is 0 Å². The van der Waals surface area contributed by atoms with Crippen molar-refractivity contribution in [3.63, 3.8) is 0 Å². The average Bonchev–Trinajstić information content (AvgIpc) is 2.28. The van der Waals surface area contributed by atoms with Gasteiger partial charge < -0.3 is 15.8 Å². The number of nitrogens with zero attached hydrogens (tertiary/aromatic N) is 1. The summed E-state index contributed by atoms with van der Waals surface area (Å²) in [5.41, 5.74) is 5.62. The number of nitrogens with two attached hydrogens (primary N) is 1. The summed E-state index contributed by atoms with van der Waals surface area (Å²) in [6.45, 7) is 6.38. The van der Waals surface area contributed by atoms with E-state index in [2.05, 4.69) is 10.3 Å². The van der Waals surface area contributed by atoms with E-state index in [0.717, 1.165) is 0 Å². The molecule has 0 saturated heterocycles. The second kappa shape index (κ2) is 6.08. The van der Waals surface area contributed by atoms with Crippen LogP contribution in [0.2, 0.25) is 0 Å². The molecule has 1 aromatic rings. The number of nitrogen functional groups attached to an aromatic ring is 1. The Bertz CT molecular complexity index is 380. The molecule has 1 unspecified atom stereocenters. The van der Waals surface area contributed by atoms with E-state index in [1.807, 2.05) is 13.8 Å². The third-order valence-electron chi connectivity index (χ3n) is 2.16. The zero-order chi connectivity index (χ0) is 12.8. The number of nitrogens with one attached hydrogen (secondary N) is 1. The average molecular weight is 237 g/mol. The summed E-state index contributed by atoms with van der Waals surface area (Å²) >= 11 is 0. The molecule has 1 amide bonds. The van der Waals surface area contributed by atoms with Crippen molar-refractivity contribution in [2.24, 2.45) is 5.92 Å². The normalized spacial score (nSPS) is 12.2. The number of carbonyl (C=O) groups is 1. The lowest BCUT2D eigenvalue weighted by molar-refractivity contribution is -0.127. The zero-order valence-electron chi connectivity index (χ0n) is 10.4. The highest BCUT2D eigenvalue weighted by Crippen LogP contribution is 2.18. The van der Waals surface area contributed by atoms with E-state index >= 15 is 0 Å². The Morgan fingerprint density at radius 2 is 2.24 bits per heavy atom. The molecule has 5 nitrogen and oxygen atoms in total. The minimum atomic E-state index is -0.583. The number of carbonyl (C=O) groups excluding carboxylic acids is 1. The predicted octanol–water partition coefficient (Wildman–Crippen LogP) is 1.20. The van der Waals surface area contributed by atoms with Crippen LogP contribution in [0.4, 0.5) is 5.82 Å². The second-order valence-corrected chi connectivity index (χ2v) is 4.29. The summed E-state index contributed by atoms with van der Waals surface area (Å²) in [6.07, 6.45) is 0.992. The fraction of sp³-hybridized carbons (Fsp3) is 0.500. The van der Waals surface area contributed by atoms with Crippen LogP contribution in [-0.2, 0) is 4.79 Å². The number of pyridine rings is 1. The molecule has 3 N–H and O–H groups in total. The number of anilines is 1. The summed E-state index contributed by atoms with van der Waals surface area (Å²) in [4.78, 5) is 15.6. The van der Waals surface area contributed by atoms with E-state index in [1.54, 1.807) is 25.3 Å². The van der Waals surface area contributed by atoms with Gasteiger partial charge in [0.15, 0.2) is 17.7 Å². The van der Waals surface area contributed by atoms with Gasteiger partial charge in [-0.15, -0.1) is 0 Å². The predicted molar refractivity (Wildman–Crippen MR) is 66.6 cm³/mol. The molecular weight excluding hydrogens is 218 g/mol. The van der Waals surface area contributed by atoms with Crippen LogP contribution >= 0.6 is 0 Å². The first-order valence-electron chi connectivity index (χ1n) is 5.65. The highest BCUT2D eigenvalue weighted by atomic mass is 16.5. The van der Waals surface area contributed by atoms with Gasteiger partial charge in [0.05, 0.1) is 0 Å². The Morgan fingerprint density at radius 1 is 1.53 bits per heavy atom. The molecule has 0 aliphatic heterocycles. The topological polar surface area (TPSA) is 77.2 Å². The van der Waals surface area contributed by atoms with Crippen molar-refractivity contribution in [2.45, 2.75) is 26.9 Å². The standard InChI is InChI=1S/C12H19N3O2/c1-8(2)7-15-12(16)9(3)17-10-5-4-6-14-11(10)13/h4-6,8-9H,7H2,1-3H3,(H2,13,14)(H,15,16). The molecule has 0 spiro atoms. The van der Waals surface area contributed by atoms with E-state index < -0.39 is 6.10 Å². The number of aromatic nitrogens is 1. The Balaban J connectivity index is 2.51. The third kappa shape index (κ3) is 4.30. The maximum Gasteiger partial charge on any atom is 0.260 e. The lowest BCUT2D eigenvalue weighted by Gasteiger charge is -2.16. The number of hydrogen-bond donors (Lipinski definition) is 2. The highest BCUT2D eigenvalue weighted by Gasteiger charge is 2.15. The Kier molecular flexibility index (Phi) is 4.75. The molecule has 94 valence electrons. The van der Waals surface area contributed by atoms with Gasteiger partial charge in [0.2, 0.25) is 0 Å². The molecule has 17 heavy (non-hydrogen) atoms. The molecular formula is C12H19N3O2. The molecule has 1 atom stereocenters. The molecule has 0 fully saturated rings. The quantitative estimate of drug-likeness (QED) is 0.806. The molecule has 1 heterocycles. The van der Waals surface area contributed by atoms with E-state index in [4.69, 9.17) is 10.5 Å². The first kappa shape index (κ1) is 13.3. The summed E-state index contributed by atoms with van der Waals surface area (Å²) in [5.74, 6) is 0.979. The van der Waals surface area contributed by atoms with Gasteiger partial charge in [-0.25, -0.2) is 4.98 Å². The summed E-state index contributed by atoms with van der Waals surface area (Å²) < 4.78 is 5.44. The van der Waals surface area contributed by atoms with Gasteiger partial charge in [-0.05, 0) is 25.0 Å². The third-order valence-corrected chi connectivity index (χ3v) is 2.16. The van der Waals surface area contributed by atoms with Crippen LogP contribution in [0, 0.1) is 5.92 Å². The van der Waals surface area contributed by atoms with Gasteiger partial charge in [0.25, 0.3) is 5.91 Å². The van der Waals surface area contributed by atoms with Crippen LogP contribution in [-0.4, -0.2) is 23.5 Å². The monoisotopic (exact) mass is 237 g/mol. The van der Waals surface area contributed by atoms with Crippen LogP contribution in [0.1, 0.15) is 20.8 Å². The summed E-state index contributed by atoms with van der Waals surface area (Å²) in [7, 11) is 0. The van der Waals surface area contributed by atoms with E-state index in [1.165, 1.54) is 0 Å². The molecule has 5 heteroatoms. The lowest BCUT2D eigenvalue weighted by Crippen LogP contribution is -2.38. The van der Waals surface area contributed by atoms with Crippen molar-refractivity contribution >= 4 is 11.7 Å². The second-order valence-electron chi connectivity index (χ2n) is 4.29. The number of hydrogen-bond acceptors (Lipinski definition) is 4. The van der Waals surface area contributed by atoms with Crippen molar-refractivity contribution in [2.75, 3.05) is 12.3 Å². The van der Waals surface area contributed by atoms with Crippen molar-refractivity contribution in [3.8, 4) is 5.75 Å². The molecule has 0 aliphatic carbocycles. The first-order chi connectivity index (χ1) is 8.00. The first-order valence-corrected chi connectivity index (χ1v) is 5.65. The minimum Gasteiger partial charge on any atom is -0.477 e. The lowest BCUT2D eigenvalue weighted by atomic mass is 10.2. The van der Waals surface area contributed by atoms with E-state index in [9.17, 15) is 4.79 Å². The van der Waals surface area contributed by atoms with Gasteiger partial charge in [-0.3, -0.25) is 4.79 Å². The molecule has 0 bridgehead atoms. The largest absolute Gasteiger partial charge is 0.477 e. The zero-order valence-corrected chi connectivity index (χ0v) is 10.4. The molecule has 1 rings (SSSR count). The van der Waals surface area contributed by atoms with Gasteiger partial charge >= 0.3 is 0 Å². The van der Waals surface area contributed by atoms with E-state index in [-0.39, 0.29) is 11.7 Å². The highest BCUT2D eigenvalue weighted by molar-refractivity contribution is 5.80. The minimum absolute atomic E-state index is 0.151. The summed E-state index contributed by atoms with van der Waals surface area (Å²) in [5, 5.41) is 2.80. The van der Waals surface area contributed by atoms with Crippen LogP contribution in [0.3, 0.4) is 0 Å². The molecule has 0 aliphatic rings. The number of amides is 1. The Hall–Kier alpha value is -1.78. The van der Waals surface area contributed by atoms with Gasteiger partial charge in [-0.2, -0.15) is 0 Å². The van der Waals surface area contributed by atoms with Crippen molar-refractivity contribution in [3.05, 3.63) is 18.3 Å². The Labute approximate surface area is 101 Å². The molecule has 0 radical (unpaired) electrons. The number of rotatable bonds is 5. The maximum atomic E-state index is 11.7. The van der Waals surface area contributed by atoms with Gasteiger partial charge in [0, 0.05) is 12.7 Å². The molecule has 0 saturated carbocycles. The van der Waals surface area contributed by atoms with Crippen LogP contribution < -0.4 is 15.8 Å². The smallest absolute Gasteiger partial charge is 0.260 e. The number of ether oxygens (including phenoxy) is 1. The fourth-order valence-corrected chi connectivity index (χ4v) is 1.19. The molecule has 0 aromatic carbocycles. The van der Waals surface area contributed by atoms with Gasteiger partial charge in [0.1, 0.15) is 0 Å². The van der Waals surface area contributed by atoms with Crippen LogP contribution in [0.5, 0.6) is 5.75 Å². The van der Waals surface area contributed by atoms with E-state index in [0.29, 0.717) is 18.2 Å². The maximum absolute atomic E-state index is 11.7. The fourth-order valence-electron chi connectivity index (χ4n) is 1.19. The Morgan fingerprint density at radius 3 is 2.82 bits per heavy atom. The van der Waals surface area contributed by atoms with Crippen molar-refractivity contribution < 1.29 is 9.53 Å². The molecule has 1 aromatic heterocycles. The van der Waals surface area contributed by atoms with Crippen LogP contribution in [0.15, 0.2) is 18.3 Å². The van der Waals surface area contributed by atoms with Crippen molar-refractivity contribution in [1.29, 1.82) is 0 Å². The summed E-state index contributed by atoms with van der Waals surface area (Å²) in [6, 6.07) is 3.40. The SMILES string of the molecule is CC(C)CNC(=O)C(C)Oc1cccnc1N. The van der Waals surface area contributed by atoms with Crippen molar-refractivity contribution in [1.82, 2.24) is 10.3 Å².